The summed E-state index contributed by atoms with van der Waals surface area (Å²) < 4.78 is 5.77. The lowest BCUT2D eigenvalue weighted by Gasteiger charge is -2.00. The number of carbonyl (C=O) groups excluding carboxylic acids is 1. The number of hydrogen-bond acceptors (Lipinski definition) is 6. The van der Waals surface area contributed by atoms with Crippen molar-refractivity contribution in [1.29, 1.82) is 0 Å². The molecule has 0 atom stereocenters. The Morgan fingerprint density at radius 2 is 2.50 bits per heavy atom. The molecule has 0 aliphatic heterocycles. The van der Waals surface area contributed by atoms with E-state index in [4.69, 9.17) is 0 Å². The van der Waals surface area contributed by atoms with Gasteiger partial charge in [0.25, 0.3) is 5.91 Å². The summed E-state index contributed by atoms with van der Waals surface area (Å²) in [7, 11) is 1.44. The summed E-state index contributed by atoms with van der Waals surface area (Å²) in [6.07, 6.45) is 1.20. The number of imidazole rings is 1. The van der Waals surface area contributed by atoms with Crippen molar-refractivity contribution in [3.8, 4) is 0 Å². The van der Waals surface area contributed by atoms with E-state index in [2.05, 4.69) is 30.4 Å². The lowest BCUT2D eigenvalue weighted by molar-refractivity contribution is 0.0869. The van der Waals surface area contributed by atoms with E-state index in [-0.39, 0.29) is 18.1 Å². The molecule has 0 unspecified atom stereocenters. The zero-order valence-electron chi connectivity index (χ0n) is 8.30. The molecule has 9 nitrogen and oxygen atoms in total. The van der Waals surface area contributed by atoms with Gasteiger partial charge < -0.3 is 10.1 Å². The van der Waals surface area contributed by atoms with Crippen molar-refractivity contribution >= 4 is 11.6 Å². The van der Waals surface area contributed by atoms with Crippen LogP contribution in [0.3, 0.4) is 0 Å². The van der Waals surface area contributed by atoms with Crippen LogP contribution in [0.1, 0.15) is 10.5 Å². The van der Waals surface area contributed by atoms with Crippen LogP contribution in [-0.2, 0) is 4.74 Å². The predicted octanol–water partition coefficient (Wildman–Crippen LogP) is -1.85. The van der Waals surface area contributed by atoms with E-state index < -0.39 is 11.6 Å². The Bertz CT molecular complexity index is 573. The smallest absolute Gasteiger partial charge is 0.350 e. The van der Waals surface area contributed by atoms with Crippen molar-refractivity contribution in [2.75, 3.05) is 13.8 Å². The Morgan fingerprint density at radius 3 is 3.25 bits per heavy atom. The standard InChI is InChI=1S/C7H8N6O3/c1-16-3-9-6(14)4-5-10-12-11-7(15)13(5)2-8-4/h2H,3H2,1H3,(H,9,14)(H,10,11,15). The fraction of sp³-hybridized carbons (Fsp3) is 0.286. The number of carbonyl (C=O) groups is 1. The average Bonchev–Trinajstić information content (AvgIpc) is 2.71. The SMILES string of the molecule is COCNC(=O)c1ncn2c(=O)[nH]nnc12. The lowest BCUT2D eigenvalue weighted by Crippen LogP contribution is -2.26. The van der Waals surface area contributed by atoms with E-state index in [1.54, 1.807) is 0 Å². The van der Waals surface area contributed by atoms with E-state index in [0.29, 0.717) is 0 Å². The highest BCUT2D eigenvalue weighted by Crippen LogP contribution is 2.01. The molecule has 84 valence electrons. The summed E-state index contributed by atoms with van der Waals surface area (Å²) in [5.74, 6) is -0.482. The molecule has 0 spiro atoms. The third-order valence-corrected chi connectivity index (χ3v) is 1.84. The molecule has 0 aliphatic carbocycles. The second kappa shape index (κ2) is 4.06. The number of ether oxygens (including phenoxy) is 1. The summed E-state index contributed by atoms with van der Waals surface area (Å²) in [5, 5.41) is 11.5. The molecule has 2 rings (SSSR count). The van der Waals surface area contributed by atoms with Gasteiger partial charge in [-0.25, -0.2) is 19.3 Å². The molecule has 0 saturated heterocycles. The number of rotatable bonds is 3. The summed E-state index contributed by atoms with van der Waals surface area (Å²) in [5.41, 5.74) is -0.392. The number of aromatic nitrogens is 5. The highest BCUT2D eigenvalue weighted by atomic mass is 16.5. The van der Waals surface area contributed by atoms with Crippen molar-refractivity contribution in [1.82, 2.24) is 30.1 Å². The van der Waals surface area contributed by atoms with Crippen LogP contribution < -0.4 is 11.0 Å². The van der Waals surface area contributed by atoms with Crippen LogP contribution in [-0.4, -0.2) is 44.5 Å². The molecular formula is C7H8N6O3. The van der Waals surface area contributed by atoms with Crippen LogP contribution in [0, 0.1) is 0 Å². The van der Waals surface area contributed by atoms with Gasteiger partial charge in [0.15, 0.2) is 11.3 Å². The van der Waals surface area contributed by atoms with Gasteiger partial charge in [-0.3, -0.25) is 4.79 Å². The highest BCUT2D eigenvalue weighted by Gasteiger charge is 2.15. The molecule has 0 radical (unpaired) electrons. The number of nitrogens with zero attached hydrogens (tertiary/aromatic N) is 4. The van der Waals surface area contributed by atoms with Gasteiger partial charge in [0, 0.05) is 7.11 Å². The van der Waals surface area contributed by atoms with Crippen LogP contribution in [0.5, 0.6) is 0 Å². The van der Waals surface area contributed by atoms with Gasteiger partial charge in [-0.05, 0) is 0 Å². The number of fused-ring (bicyclic) bond motifs is 1. The van der Waals surface area contributed by atoms with Gasteiger partial charge in [0.1, 0.15) is 13.1 Å². The number of hydrogen-bond donors (Lipinski definition) is 2. The second-order valence-corrected chi connectivity index (χ2v) is 2.84. The Hall–Kier alpha value is -2.29. The third kappa shape index (κ3) is 1.63. The van der Waals surface area contributed by atoms with Gasteiger partial charge >= 0.3 is 5.69 Å². The topological polar surface area (TPSA) is 114 Å². The number of H-pyrrole nitrogens is 1. The lowest BCUT2D eigenvalue weighted by atomic mass is 10.4. The normalized spacial score (nSPS) is 10.6. The third-order valence-electron chi connectivity index (χ3n) is 1.84. The summed E-state index contributed by atoms with van der Waals surface area (Å²) in [4.78, 5) is 26.6. The van der Waals surface area contributed by atoms with Crippen molar-refractivity contribution < 1.29 is 9.53 Å². The summed E-state index contributed by atoms with van der Waals surface area (Å²) >= 11 is 0. The van der Waals surface area contributed by atoms with E-state index in [9.17, 15) is 9.59 Å². The van der Waals surface area contributed by atoms with E-state index in [0.717, 1.165) is 4.40 Å². The average molecular weight is 224 g/mol. The molecular weight excluding hydrogens is 216 g/mol. The second-order valence-electron chi connectivity index (χ2n) is 2.84. The van der Waals surface area contributed by atoms with Crippen molar-refractivity contribution in [3.63, 3.8) is 0 Å². The van der Waals surface area contributed by atoms with Crippen LogP contribution in [0.25, 0.3) is 5.65 Å². The minimum atomic E-state index is -0.511. The molecule has 9 heteroatoms. The quantitative estimate of drug-likeness (QED) is 0.591. The molecule has 2 heterocycles. The van der Waals surface area contributed by atoms with Crippen LogP contribution in [0.2, 0.25) is 0 Å². The maximum absolute atomic E-state index is 11.5. The monoisotopic (exact) mass is 224 g/mol. The highest BCUT2D eigenvalue weighted by molar-refractivity contribution is 5.97. The van der Waals surface area contributed by atoms with Crippen molar-refractivity contribution in [3.05, 3.63) is 22.5 Å². The summed E-state index contributed by atoms with van der Waals surface area (Å²) in [6, 6.07) is 0. The van der Waals surface area contributed by atoms with Gasteiger partial charge in [-0.1, -0.05) is 5.21 Å². The Balaban J connectivity index is 2.42. The van der Waals surface area contributed by atoms with Gasteiger partial charge in [-0.2, -0.15) is 0 Å². The molecule has 0 aliphatic rings. The minimum Gasteiger partial charge on any atom is -0.364 e. The molecule has 0 fully saturated rings. The van der Waals surface area contributed by atoms with Crippen LogP contribution in [0.15, 0.2) is 11.1 Å². The first-order valence-corrected chi connectivity index (χ1v) is 4.29. The van der Waals surface area contributed by atoms with Crippen molar-refractivity contribution in [2.24, 2.45) is 0 Å². The first kappa shape index (κ1) is 10.2. The first-order valence-electron chi connectivity index (χ1n) is 4.29. The molecule has 0 saturated carbocycles. The number of amides is 1. The molecule has 2 aromatic rings. The molecule has 1 amide bonds. The molecule has 2 aromatic heterocycles. The van der Waals surface area contributed by atoms with E-state index >= 15 is 0 Å². The molecule has 0 aromatic carbocycles. The number of aromatic amines is 1. The maximum Gasteiger partial charge on any atom is 0.350 e. The van der Waals surface area contributed by atoms with Crippen LogP contribution in [0.4, 0.5) is 0 Å². The van der Waals surface area contributed by atoms with Gasteiger partial charge in [0.2, 0.25) is 0 Å². The molecule has 2 N–H and O–H groups in total. The Labute approximate surface area is 88.4 Å². The van der Waals surface area contributed by atoms with E-state index in [1.807, 2.05) is 0 Å². The van der Waals surface area contributed by atoms with Gasteiger partial charge in [0.05, 0.1) is 0 Å². The predicted molar refractivity (Wildman–Crippen MR) is 50.7 cm³/mol. The maximum atomic E-state index is 11.5. The Morgan fingerprint density at radius 1 is 1.69 bits per heavy atom. The molecule has 16 heavy (non-hydrogen) atoms. The zero-order valence-corrected chi connectivity index (χ0v) is 8.30. The van der Waals surface area contributed by atoms with Crippen LogP contribution >= 0.6 is 0 Å². The number of nitrogens with one attached hydrogen (secondary N) is 2. The van der Waals surface area contributed by atoms with Crippen molar-refractivity contribution in [2.45, 2.75) is 0 Å². The number of methoxy groups -OCH3 is 1. The molecule has 0 bridgehead atoms. The first-order chi connectivity index (χ1) is 7.74. The fourth-order valence-corrected chi connectivity index (χ4v) is 1.14. The summed E-state index contributed by atoms with van der Waals surface area (Å²) in [6.45, 7) is 0.0501. The minimum absolute atomic E-state index is 0.0238. The largest absolute Gasteiger partial charge is 0.364 e. The van der Waals surface area contributed by atoms with Gasteiger partial charge in [-0.15, -0.1) is 5.10 Å². The van der Waals surface area contributed by atoms with E-state index in [1.165, 1.54) is 13.4 Å². The zero-order chi connectivity index (χ0) is 11.5. The Kier molecular flexibility index (Phi) is 2.60. The fourth-order valence-electron chi connectivity index (χ4n) is 1.14.